The highest BCUT2D eigenvalue weighted by Gasteiger charge is 2.51. The minimum atomic E-state index is -5.36. The SMILES string of the molecule is CCCN1C(=O)C(Cl)=C(C(F)(F)F)N(N)C1c1cc(C(F)(F)F)ccc1C(F)(F)F. The van der Waals surface area contributed by atoms with E-state index in [4.69, 9.17) is 17.4 Å². The largest absolute Gasteiger partial charge is 0.434 e. The average molecular weight is 470 g/mol. The van der Waals surface area contributed by atoms with Crippen molar-refractivity contribution in [3.63, 3.8) is 0 Å². The highest BCUT2D eigenvalue weighted by molar-refractivity contribution is 6.42. The lowest BCUT2D eigenvalue weighted by Crippen LogP contribution is -2.55. The van der Waals surface area contributed by atoms with E-state index < -0.39 is 64.6 Å². The van der Waals surface area contributed by atoms with Gasteiger partial charge in [-0.25, -0.2) is 5.84 Å². The Morgan fingerprint density at radius 3 is 2.00 bits per heavy atom. The molecule has 2 N–H and O–H groups in total. The Morgan fingerprint density at radius 1 is 1.00 bits per heavy atom. The number of rotatable bonds is 3. The van der Waals surface area contributed by atoms with Crippen LogP contribution in [0.1, 0.15) is 36.2 Å². The summed E-state index contributed by atoms with van der Waals surface area (Å²) in [5.41, 5.74) is -6.47. The molecule has 1 aromatic rings. The number of carbonyl (C=O) groups excluding carboxylic acids is 1. The molecule has 1 heterocycles. The van der Waals surface area contributed by atoms with Crippen molar-refractivity contribution in [3.8, 4) is 0 Å². The first-order chi connectivity index (χ1) is 13.5. The van der Waals surface area contributed by atoms with Crippen LogP contribution in [0.2, 0.25) is 0 Å². The minimum Gasteiger partial charge on any atom is -0.312 e. The zero-order chi connectivity index (χ0) is 23.2. The molecule has 14 heteroatoms. The lowest BCUT2D eigenvalue weighted by molar-refractivity contribution is -0.154. The topological polar surface area (TPSA) is 49.6 Å². The van der Waals surface area contributed by atoms with Gasteiger partial charge in [0, 0.05) is 12.1 Å². The van der Waals surface area contributed by atoms with E-state index in [1.54, 1.807) is 0 Å². The van der Waals surface area contributed by atoms with Crippen molar-refractivity contribution in [2.24, 2.45) is 5.84 Å². The number of allylic oxidation sites excluding steroid dienone is 1. The number of hydrogen-bond acceptors (Lipinski definition) is 3. The molecule has 0 fully saturated rings. The Hall–Kier alpha value is -2.15. The Morgan fingerprint density at radius 2 is 1.57 bits per heavy atom. The molecule has 0 saturated carbocycles. The molecule has 0 aliphatic carbocycles. The molecule has 0 radical (unpaired) electrons. The van der Waals surface area contributed by atoms with Gasteiger partial charge in [0.25, 0.3) is 5.91 Å². The average Bonchev–Trinajstić information content (AvgIpc) is 2.56. The van der Waals surface area contributed by atoms with Crippen LogP contribution in [0.15, 0.2) is 28.9 Å². The van der Waals surface area contributed by atoms with Gasteiger partial charge < -0.3 is 4.90 Å². The van der Waals surface area contributed by atoms with Gasteiger partial charge >= 0.3 is 18.5 Å². The first kappa shape index (κ1) is 24.1. The van der Waals surface area contributed by atoms with Crippen LogP contribution < -0.4 is 5.84 Å². The fraction of sp³-hybridized carbons (Fsp3) is 0.438. The molecule has 4 nitrogen and oxygen atoms in total. The lowest BCUT2D eigenvalue weighted by Gasteiger charge is -2.44. The number of benzene rings is 1. The van der Waals surface area contributed by atoms with Crippen molar-refractivity contribution >= 4 is 17.5 Å². The number of alkyl halides is 9. The highest BCUT2D eigenvalue weighted by atomic mass is 35.5. The molecule has 0 spiro atoms. The van der Waals surface area contributed by atoms with E-state index in [2.05, 4.69) is 0 Å². The molecule has 1 aliphatic heterocycles. The maximum Gasteiger partial charge on any atom is 0.434 e. The molecule has 1 unspecified atom stereocenters. The van der Waals surface area contributed by atoms with Crippen LogP contribution in [0.3, 0.4) is 0 Å². The van der Waals surface area contributed by atoms with Crippen LogP contribution in [-0.2, 0) is 17.1 Å². The van der Waals surface area contributed by atoms with E-state index in [1.165, 1.54) is 6.92 Å². The summed E-state index contributed by atoms with van der Waals surface area (Å²) in [5, 5.41) is -1.67. The number of halogens is 10. The molecule has 1 aromatic carbocycles. The van der Waals surface area contributed by atoms with E-state index in [0.717, 1.165) is 0 Å². The molecular formula is C16H13ClF9N3O. The summed E-state index contributed by atoms with van der Waals surface area (Å²) in [7, 11) is 0. The van der Waals surface area contributed by atoms with Crippen molar-refractivity contribution < 1.29 is 44.3 Å². The summed E-state index contributed by atoms with van der Waals surface area (Å²) >= 11 is 5.47. The molecule has 1 aliphatic rings. The van der Waals surface area contributed by atoms with Crippen LogP contribution in [0.4, 0.5) is 39.5 Å². The number of hydrazine groups is 1. The number of carbonyl (C=O) groups is 1. The van der Waals surface area contributed by atoms with Crippen LogP contribution in [-0.4, -0.2) is 28.5 Å². The van der Waals surface area contributed by atoms with Crippen LogP contribution in [0.5, 0.6) is 0 Å². The summed E-state index contributed by atoms with van der Waals surface area (Å²) in [6.07, 6.45) is -18.0. The Labute approximate surface area is 168 Å². The fourth-order valence-corrected chi connectivity index (χ4v) is 3.30. The van der Waals surface area contributed by atoms with E-state index in [9.17, 15) is 44.3 Å². The standard InChI is InChI=1S/C16H13ClF9N3O/c1-2-5-28-12(29(27)11(16(24,25)26)10(17)13(28)30)8-6-7(14(18,19)20)3-4-9(8)15(21,22)23/h3-4,6,12H,2,5,27H2,1H3. The second-order valence-electron chi connectivity index (χ2n) is 6.24. The molecule has 0 saturated heterocycles. The number of hydrogen-bond donors (Lipinski definition) is 1. The lowest BCUT2D eigenvalue weighted by atomic mass is 9.97. The van der Waals surface area contributed by atoms with Crippen LogP contribution in [0.25, 0.3) is 0 Å². The summed E-state index contributed by atoms with van der Waals surface area (Å²) < 4.78 is 120. The predicted octanol–water partition coefficient (Wildman–Crippen LogP) is 5.16. The number of nitrogens with two attached hydrogens (primary N) is 1. The Kier molecular flexibility index (Phi) is 6.30. The van der Waals surface area contributed by atoms with Crippen molar-refractivity contribution in [2.75, 3.05) is 6.54 Å². The maximum atomic E-state index is 13.5. The summed E-state index contributed by atoms with van der Waals surface area (Å²) in [6, 6.07) is 0.236. The predicted molar refractivity (Wildman–Crippen MR) is 86.2 cm³/mol. The van der Waals surface area contributed by atoms with Gasteiger partial charge in [0.15, 0.2) is 5.70 Å². The monoisotopic (exact) mass is 469 g/mol. The van der Waals surface area contributed by atoms with E-state index in [-0.39, 0.29) is 29.6 Å². The molecule has 2 rings (SSSR count). The van der Waals surface area contributed by atoms with Crippen molar-refractivity contribution in [1.82, 2.24) is 9.91 Å². The quantitative estimate of drug-likeness (QED) is 0.491. The van der Waals surface area contributed by atoms with Gasteiger partial charge in [-0.1, -0.05) is 18.5 Å². The van der Waals surface area contributed by atoms with Gasteiger partial charge in [-0.3, -0.25) is 9.80 Å². The van der Waals surface area contributed by atoms with E-state index in [0.29, 0.717) is 4.90 Å². The number of amides is 1. The smallest absolute Gasteiger partial charge is 0.312 e. The third kappa shape index (κ3) is 4.46. The number of nitrogens with zero attached hydrogens (tertiary/aromatic N) is 2. The second-order valence-corrected chi connectivity index (χ2v) is 6.62. The van der Waals surface area contributed by atoms with Crippen molar-refractivity contribution in [3.05, 3.63) is 45.6 Å². The summed E-state index contributed by atoms with van der Waals surface area (Å²) in [5.74, 6) is 3.90. The van der Waals surface area contributed by atoms with Crippen molar-refractivity contribution in [1.29, 1.82) is 0 Å². The molecule has 1 atom stereocenters. The zero-order valence-corrected chi connectivity index (χ0v) is 15.6. The Bertz CT molecular complexity index is 861. The third-order valence-corrected chi connectivity index (χ3v) is 4.51. The maximum absolute atomic E-state index is 13.5. The second kappa shape index (κ2) is 7.84. The van der Waals surface area contributed by atoms with Gasteiger partial charge in [0.1, 0.15) is 11.2 Å². The van der Waals surface area contributed by atoms with Crippen molar-refractivity contribution in [2.45, 2.75) is 38.0 Å². The molecule has 168 valence electrons. The molecular weight excluding hydrogens is 457 g/mol. The van der Waals surface area contributed by atoms with Gasteiger partial charge in [-0.15, -0.1) is 0 Å². The molecule has 30 heavy (non-hydrogen) atoms. The normalized spacial score (nSPS) is 19.1. The van der Waals surface area contributed by atoms with Gasteiger partial charge in [-0.2, -0.15) is 39.5 Å². The highest BCUT2D eigenvalue weighted by Crippen LogP contribution is 2.46. The molecule has 0 bridgehead atoms. The van der Waals surface area contributed by atoms with Gasteiger partial charge in [0.05, 0.1) is 11.1 Å². The summed E-state index contributed by atoms with van der Waals surface area (Å²) in [6.45, 7) is 1.02. The van der Waals surface area contributed by atoms with Crippen LogP contribution >= 0.6 is 11.6 Å². The van der Waals surface area contributed by atoms with Gasteiger partial charge in [0.2, 0.25) is 0 Å². The van der Waals surface area contributed by atoms with E-state index >= 15 is 0 Å². The summed E-state index contributed by atoms with van der Waals surface area (Å²) in [4.78, 5) is 12.9. The molecule has 0 aromatic heterocycles. The molecule has 1 amide bonds. The Balaban J connectivity index is 2.85. The first-order valence-corrected chi connectivity index (χ1v) is 8.49. The zero-order valence-electron chi connectivity index (χ0n) is 14.9. The fourth-order valence-electron chi connectivity index (χ4n) is 2.99. The minimum absolute atomic E-state index is 0.0243. The first-order valence-electron chi connectivity index (χ1n) is 8.12. The third-order valence-electron chi connectivity index (χ3n) is 4.17. The van der Waals surface area contributed by atoms with Crippen LogP contribution in [0, 0.1) is 0 Å². The van der Waals surface area contributed by atoms with E-state index in [1.807, 2.05) is 0 Å². The van der Waals surface area contributed by atoms with Gasteiger partial charge in [-0.05, 0) is 24.6 Å².